The lowest BCUT2D eigenvalue weighted by atomic mass is 10.1. The molecule has 6 nitrogen and oxygen atoms in total. The maximum absolute atomic E-state index is 12.6. The summed E-state index contributed by atoms with van der Waals surface area (Å²) < 4.78 is 44.0. The lowest BCUT2D eigenvalue weighted by Crippen LogP contribution is -2.18. The van der Waals surface area contributed by atoms with Crippen LogP contribution in [-0.2, 0) is 18.0 Å². The van der Waals surface area contributed by atoms with Crippen LogP contribution in [0.1, 0.15) is 38.9 Å². The van der Waals surface area contributed by atoms with Crippen LogP contribution < -0.4 is 5.32 Å². The number of anilines is 1. The Hall–Kier alpha value is -2.84. The molecule has 1 amide bonds. The summed E-state index contributed by atoms with van der Waals surface area (Å²) in [6.07, 6.45) is -4.48. The van der Waals surface area contributed by atoms with Crippen molar-refractivity contribution in [2.75, 3.05) is 11.9 Å². The Bertz CT molecular complexity index is 795. The lowest BCUT2D eigenvalue weighted by Gasteiger charge is -2.10. The minimum atomic E-state index is -4.48. The number of aromatic nitrogens is 2. The number of amides is 1. The fraction of sp³-hybridized carbons (Fsp3) is 0.312. The van der Waals surface area contributed by atoms with Gasteiger partial charge in [-0.25, -0.2) is 4.79 Å². The van der Waals surface area contributed by atoms with Gasteiger partial charge < -0.3 is 10.1 Å². The van der Waals surface area contributed by atoms with E-state index in [4.69, 9.17) is 4.74 Å². The van der Waals surface area contributed by atoms with Crippen molar-refractivity contribution < 1.29 is 27.5 Å². The molecule has 25 heavy (non-hydrogen) atoms. The Kier molecular flexibility index (Phi) is 5.15. The van der Waals surface area contributed by atoms with Crippen molar-refractivity contribution >= 4 is 17.7 Å². The summed E-state index contributed by atoms with van der Waals surface area (Å²) in [5.41, 5.74) is -0.373. The molecule has 0 aliphatic carbocycles. The summed E-state index contributed by atoms with van der Waals surface area (Å²) in [5, 5.41) is 6.55. The number of nitrogens with one attached hydrogen (secondary N) is 1. The molecule has 1 N–H and O–H groups in total. The number of hydrogen-bond acceptors (Lipinski definition) is 4. The number of esters is 1. The lowest BCUT2D eigenvalue weighted by molar-refractivity contribution is -0.137. The summed E-state index contributed by atoms with van der Waals surface area (Å²) in [7, 11) is 1.53. The normalized spacial score (nSPS) is 11.3. The van der Waals surface area contributed by atoms with E-state index in [1.54, 1.807) is 13.8 Å². The Labute approximate surface area is 141 Å². The van der Waals surface area contributed by atoms with Crippen LogP contribution >= 0.6 is 0 Å². The number of rotatable bonds is 4. The van der Waals surface area contributed by atoms with Crippen LogP contribution in [0.25, 0.3) is 0 Å². The summed E-state index contributed by atoms with van der Waals surface area (Å²) >= 11 is 0. The van der Waals surface area contributed by atoms with Gasteiger partial charge in [-0.3, -0.25) is 9.48 Å². The third-order valence-electron chi connectivity index (χ3n) is 3.41. The first kappa shape index (κ1) is 18.5. The van der Waals surface area contributed by atoms with E-state index in [2.05, 4.69) is 10.4 Å². The third-order valence-corrected chi connectivity index (χ3v) is 3.41. The number of hydrogen-bond donors (Lipinski definition) is 1. The minimum Gasteiger partial charge on any atom is -0.462 e. The summed E-state index contributed by atoms with van der Waals surface area (Å²) in [4.78, 5) is 24.3. The van der Waals surface area contributed by atoms with Crippen LogP contribution in [0.4, 0.5) is 19.0 Å². The van der Waals surface area contributed by atoms with E-state index >= 15 is 0 Å². The molecule has 0 atom stereocenters. The van der Waals surface area contributed by atoms with Crippen molar-refractivity contribution in [1.29, 1.82) is 0 Å². The van der Waals surface area contributed by atoms with Crippen molar-refractivity contribution in [3.8, 4) is 0 Å². The highest BCUT2D eigenvalue weighted by Gasteiger charge is 2.30. The first-order chi connectivity index (χ1) is 11.6. The summed E-state index contributed by atoms with van der Waals surface area (Å²) in [5.74, 6) is -1.20. The Morgan fingerprint density at radius 2 is 1.84 bits per heavy atom. The first-order valence-electron chi connectivity index (χ1n) is 7.34. The number of nitrogens with zero attached hydrogens (tertiary/aromatic N) is 2. The molecule has 0 bridgehead atoms. The maximum Gasteiger partial charge on any atom is 0.416 e. The quantitative estimate of drug-likeness (QED) is 0.855. The van der Waals surface area contributed by atoms with Crippen LogP contribution in [-0.4, -0.2) is 28.3 Å². The summed E-state index contributed by atoms with van der Waals surface area (Å²) in [6, 6.07) is 3.75. The molecule has 1 aromatic carbocycles. The molecule has 0 saturated carbocycles. The van der Waals surface area contributed by atoms with E-state index < -0.39 is 23.6 Å². The molecular weight excluding hydrogens is 339 g/mol. The highest BCUT2D eigenvalue weighted by molar-refractivity contribution is 6.07. The predicted molar refractivity (Wildman–Crippen MR) is 83.3 cm³/mol. The standard InChI is InChI=1S/C16H16F3N3O3/c1-4-25-15(24)12-9(2)21-22(3)13(12)20-14(23)10-5-7-11(8-6-10)16(17,18)19/h5-8H,4H2,1-3H3,(H,20,23). The zero-order chi connectivity index (χ0) is 18.8. The number of benzene rings is 1. The molecule has 2 rings (SSSR count). The van der Waals surface area contributed by atoms with Gasteiger partial charge in [-0.1, -0.05) is 0 Å². The van der Waals surface area contributed by atoms with E-state index in [0.717, 1.165) is 24.3 Å². The van der Waals surface area contributed by atoms with Gasteiger partial charge in [0.1, 0.15) is 11.4 Å². The fourth-order valence-electron chi connectivity index (χ4n) is 2.24. The van der Waals surface area contributed by atoms with E-state index in [0.29, 0.717) is 5.69 Å². The van der Waals surface area contributed by atoms with Gasteiger partial charge in [0.25, 0.3) is 5.91 Å². The van der Waals surface area contributed by atoms with E-state index in [-0.39, 0.29) is 23.6 Å². The average molecular weight is 355 g/mol. The number of ether oxygens (including phenoxy) is 1. The second-order valence-electron chi connectivity index (χ2n) is 5.18. The smallest absolute Gasteiger partial charge is 0.416 e. The molecule has 0 aliphatic heterocycles. The van der Waals surface area contributed by atoms with Crippen LogP contribution in [0.15, 0.2) is 24.3 Å². The largest absolute Gasteiger partial charge is 0.462 e. The first-order valence-corrected chi connectivity index (χ1v) is 7.34. The number of alkyl halides is 3. The van der Waals surface area contributed by atoms with E-state index in [1.807, 2.05) is 0 Å². The molecule has 0 radical (unpaired) electrons. The van der Waals surface area contributed by atoms with Gasteiger partial charge in [-0.15, -0.1) is 0 Å². The third kappa shape index (κ3) is 3.98. The molecule has 0 fully saturated rings. The molecule has 1 aromatic heterocycles. The highest BCUT2D eigenvalue weighted by Crippen LogP contribution is 2.29. The van der Waals surface area contributed by atoms with Crippen LogP contribution in [0.3, 0.4) is 0 Å². The molecule has 0 spiro atoms. The highest BCUT2D eigenvalue weighted by atomic mass is 19.4. The molecule has 1 heterocycles. The Morgan fingerprint density at radius 3 is 2.36 bits per heavy atom. The van der Waals surface area contributed by atoms with Crippen LogP contribution in [0, 0.1) is 6.92 Å². The topological polar surface area (TPSA) is 73.2 Å². The zero-order valence-corrected chi connectivity index (χ0v) is 13.8. The van der Waals surface area contributed by atoms with Crippen molar-refractivity contribution in [3.05, 3.63) is 46.6 Å². The second kappa shape index (κ2) is 6.96. The molecule has 0 saturated heterocycles. The predicted octanol–water partition coefficient (Wildman–Crippen LogP) is 3.18. The minimum absolute atomic E-state index is 0.0154. The van der Waals surface area contributed by atoms with Gasteiger partial charge >= 0.3 is 12.1 Å². The molecule has 9 heteroatoms. The number of carbonyl (C=O) groups is 2. The monoisotopic (exact) mass is 355 g/mol. The van der Waals surface area contributed by atoms with Crippen LogP contribution in [0.5, 0.6) is 0 Å². The Balaban J connectivity index is 2.28. The van der Waals surface area contributed by atoms with Crippen molar-refractivity contribution in [1.82, 2.24) is 9.78 Å². The molecule has 0 unspecified atom stereocenters. The number of aryl methyl sites for hydroxylation is 2. The molecule has 0 aliphatic rings. The molecular formula is C16H16F3N3O3. The Morgan fingerprint density at radius 1 is 1.24 bits per heavy atom. The van der Waals surface area contributed by atoms with Gasteiger partial charge in [-0.2, -0.15) is 18.3 Å². The van der Waals surface area contributed by atoms with Gasteiger partial charge in [0.15, 0.2) is 0 Å². The number of halogens is 3. The van der Waals surface area contributed by atoms with Gasteiger partial charge in [-0.05, 0) is 38.1 Å². The van der Waals surface area contributed by atoms with Crippen molar-refractivity contribution in [2.45, 2.75) is 20.0 Å². The summed E-state index contributed by atoms with van der Waals surface area (Å²) in [6.45, 7) is 3.38. The molecule has 134 valence electrons. The molecule has 2 aromatic rings. The average Bonchev–Trinajstić information content (AvgIpc) is 2.80. The van der Waals surface area contributed by atoms with Crippen LogP contribution in [0.2, 0.25) is 0 Å². The maximum atomic E-state index is 12.6. The fourth-order valence-corrected chi connectivity index (χ4v) is 2.24. The van der Waals surface area contributed by atoms with Crippen molar-refractivity contribution in [3.63, 3.8) is 0 Å². The van der Waals surface area contributed by atoms with E-state index in [9.17, 15) is 22.8 Å². The van der Waals surface area contributed by atoms with E-state index in [1.165, 1.54) is 11.7 Å². The van der Waals surface area contributed by atoms with Gasteiger partial charge in [0.05, 0.1) is 17.9 Å². The van der Waals surface area contributed by atoms with Gasteiger partial charge in [0.2, 0.25) is 0 Å². The SMILES string of the molecule is CCOC(=O)c1c(C)nn(C)c1NC(=O)c1ccc(C(F)(F)F)cc1. The number of carbonyl (C=O) groups excluding carboxylic acids is 2. The second-order valence-corrected chi connectivity index (χ2v) is 5.18. The zero-order valence-electron chi connectivity index (χ0n) is 13.8. The van der Waals surface area contributed by atoms with Crippen molar-refractivity contribution in [2.24, 2.45) is 7.05 Å². The van der Waals surface area contributed by atoms with Gasteiger partial charge in [0, 0.05) is 12.6 Å².